The highest BCUT2D eigenvalue weighted by Gasteiger charge is 2.17. The van der Waals surface area contributed by atoms with E-state index in [-0.39, 0.29) is 11.4 Å². The Hall–Kier alpha value is -4.05. The van der Waals surface area contributed by atoms with E-state index in [4.69, 9.17) is 4.74 Å². The fourth-order valence-corrected chi connectivity index (χ4v) is 3.12. The van der Waals surface area contributed by atoms with Crippen molar-refractivity contribution in [2.75, 3.05) is 12.4 Å². The zero-order valence-electron chi connectivity index (χ0n) is 15.8. The van der Waals surface area contributed by atoms with Crippen LogP contribution in [-0.4, -0.2) is 22.3 Å². The van der Waals surface area contributed by atoms with Crippen LogP contribution in [0.1, 0.15) is 11.3 Å². The van der Waals surface area contributed by atoms with Crippen molar-refractivity contribution in [2.45, 2.75) is 6.92 Å². The van der Waals surface area contributed by atoms with Crippen molar-refractivity contribution in [3.05, 3.63) is 71.9 Å². The number of nitriles is 1. The highest BCUT2D eigenvalue weighted by Crippen LogP contribution is 2.37. The van der Waals surface area contributed by atoms with Crippen LogP contribution >= 0.6 is 0 Å². The molecule has 142 valence electrons. The van der Waals surface area contributed by atoms with Crippen molar-refractivity contribution in [3.63, 3.8) is 0 Å². The van der Waals surface area contributed by atoms with Gasteiger partial charge in [-0.2, -0.15) is 5.26 Å². The summed E-state index contributed by atoms with van der Waals surface area (Å²) in [6, 6.07) is 14.2. The molecule has 4 aromatic rings. The molecule has 0 atom stereocenters. The van der Waals surface area contributed by atoms with Gasteiger partial charge in [-0.05, 0) is 48.4 Å². The Kier molecular flexibility index (Phi) is 4.75. The fraction of sp³-hybridized carbons (Fsp3) is 0.0909. The van der Waals surface area contributed by atoms with Gasteiger partial charge in [-0.15, -0.1) is 10.2 Å². The molecule has 0 aliphatic carbocycles. The number of methoxy groups -OCH3 is 1. The monoisotopic (exact) mass is 385 g/mol. The van der Waals surface area contributed by atoms with E-state index in [1.807, 2.05) is 31.2 Å². The first kappa shape index (κ1) is 18.3. The third-order valence-electron chi connectivity index (χ3n) is 4.56. The lowest BCUT2D eigenvalue weighted by atomic mass is 10.0. The number of aromatic nitrogens is 3. The maximum atomic E-state index is 14.4. The average molecular weight is 385 g/mol. The molecule has 0 fully saturated rings. The number of fused-ring (bicyclic) bond motifs is 1. The second kappa shape index (κ2) is 7.52. The molecular weight excluding hydrogens is 369 g/mol. The van der Waals surface area contributed by atoms with E-state index < -0.39 is 5.82 Å². The highest BCUT2D eigenvalue weighted by atomic mass is 19.1. The van der Waals surface area contributed by atoms with Crippen LogP contribution in [0.4, 0.5) is 15.8 Å². The molecule has 0 aliphatic heterocycles. The Bertz CT molecular complexity index is 1250. The van der Waals surface area contributed by atoms with Gasteiger partial charge in [0, 0.05) is 29.4 Å². The van der Waals surface area contributed by atoms with Crippen molar-refractivity contribution in [1.82, 2.24) is 15.2 Å². The standard InChI is InChI=1S/C22H16FN5O/c1-13-3-4-18(17(23)9-13)26-22-16-10-15(14-5-7-25-8-6-14)21(29-2)11-19(16)27-28-20(22)12-24/h3-11H,1-2H3,(H,26,27). The van der Waals surface area contributed by atoms with Gasteiger partial charge in [0.15, 0.2) is 5.69 Å². The molecule has 0 saturated carbocycles. The summed E-state index contributed by atoms with van der Waals surface area (Å²) in [5.41, 5.74) is 3.72. The number of hydrogen-bond acceptors (Lipinski definition) is 6. The minimum absolute atomic E-state index is 0.0725. The molecule has 0 bridgehead atoms. The first-order valence-corrected chi connectivity index (χ1v) is 8.83. The van der Waals surface area contributed by atoms with Crippen molar-refractivity contribution in [2.24, 2.45) is 0 Å². The first-order chi connectivity index (χ1) is 14.1. The summed E-state index contributed by atoms with van der Waals surface area (Å²) < 4.78 is 19.9. The van der Waals surface area contributed by atoms with Gasteiger partial charge in [0.05, 0.1) is 24.0 Å². The molecule has 2 heterocycles. The summed E-state index contributed by atoms with van der Waals surface area (Å²) in [6.45, 7) is 1.81. The number of nitrogens with zero attached hydrogens (tertiary/aromatic N) is 4. The van der Waals surface area contributed by atoms with Gasteiger partial charge in [-0.1, -0.05) is 6.07 Å². The molecule has 0 spiro atoms. The van der Waals surface area contributed by atoms with E-state index in [9.17, 15) is 9.65 Å². The van der Waals surface area contributed by atoms with Gasteiger partial charge < -0.3 is 10.1 Å². The second-order valence-corrected chi connectivity index (χ2v) is 6.45. The van der Waals surface area contributed by atoms with Crippen molar-refractivity contribution < 1.29 is 9.13 Å². The predicted octanol–water partition coefficient (Wildman–Crippen LogP) is 4.76. The maximum absolute atomic E-state index is 14.4. The molecule has 0 saturated heterocycles. The molecule has 1 N–H and O–H groups in total. The van der Waals surface area contributed by atoms with Crippen molar-refractivity contribution in [3.8, 4) is 22.9 Å². The highest BCUT2D eigenvalue weighted by molar-refractivity contribution is 5.99. The number of anilines is 2. The number of nitrogens with one attached hydrogen (secondary N) is 1. The molecular formula is C22H16FN5O. The molecule has 29 heavy (non-hydrogen) atoms. The third-order valence-corrected chi connectivity index (χ3v) is 4.56. The normalized spacial score (nSPS) is 10.6. The van der Waals surface area contributed by atoms with E-state index in [1.165, 1.54) is 6.07 Å². The van der Waals surface area contributed by atoms with E-state index in [1.54, 1.807) is 37.7 Å². The van der Waals surface area contributed by atoms with Crippen LogP contribution in [-0.2, 0) is 0 Å². The van der Waals surface area contributed by atoms with Crippen LogP contribution in [0.5, 0.6) is 5.75 Å². The number of rotatable bonds is 4. The average Bonchev–Trinajstić information content (AvgIpc) is 2.75. The van der Waals surface area contributed by atoms with Gasteiger partial charge in [0.2, 0.25) is 0 Å². The number of ether oxygens (including phenoxy) is 1. The van der Waals surface area contributed by atoms with E-state index in [2.05, 4.69) is 20.5 Å². The largest absolute Gasteiger partial charge is 0.496 e. The number of benzene rings is 2. The summed E-state index contributed by atoms with van der Waals surface area (Å²) in [6.07, 6.45) is 3.37. The molecule has 0 amide bonds. The fourth-order valence-electron chi connectivity index (χ4n) is 3.12. The third kappa shape index (κ3) is 3.44. The molecule has 2 aromatic carbocycles. The number of aryl methyl sites for hydroxylation is 1. The van der Waals surface area contributed by atoms with Crippen LogP contribution in [0.3, 0.4) is 0 Å². The quantitative estimate of drug-likeness (QED) is 0.545. The van der Waals surface area contributed by atoms with Gasteiger partial charge in [-0.25, -0.2) is 4.39 Å². The SMILES string of the molecule is COc1cc2nnc(C#N)c(Nc3ccc(C)cc3F)c2cc1-c1ccncc1. The Morgan fingerprint density at radius 3 is 2.55 bits per heavy atom. The smallest absolute Gasteiger partial charge is 0.187 e. The van der Waals surface area contributed by atoms with Crippen LogP contribution in [0.2, 0.25) is 0 Å². The summed E-state index contributed by atoms with van der Waals surface area (Å²) in [5, 5.41) is 21.3. The van der Waals surface area contributed by atoms with E-state index >= 15 is 0 Å². The van der Waals surface area contributed by atoms with Crippen LogP contribution in [0.15, 0.2) is 54.9 Å². The molecule has 0 radical (unpaired) electrons. The summed E-state index contributed by atoms with van der Waals surface area (Å²) in [7, 11) is 1.57. The molecule has 2 aromatic heterocycles. The topological polar surface area (TPSA) is 83.7 Å². The number of hydrogen-bond donors (Lipinski definition) is 1. The van der Waals surface area contributed by atoms with Gasteiger partial charge in [-0.3, -0.25) is 4.98 Å². The second-order valence-electron chi connectivity index (χ2n) is 6.45. The summed E-state index contributed by atoms with van der Waals surface area (Å²) in [5.74, 6) is 0.192. The Morgan fingerprint density at radius 2 is 1.86 bits per heavy atom. The maximum Gasteiger partial charge on any atom is 0.187 e. The van der Waals surface area contributed by atoms with Crippen LogP contribution in [0.25, 0.3) is 22.0 Å². The molecule has 0 unspecified atom stereocenters. The predicted molar refractivity (Wildman–Crippen MR) is 108 cm³/mol. The lowest BCUT2D eigenvalue weighted by Crippen LogP contribution is -2.02. The van der Waals surface area contributed by atoms with Crippen molar-refractivity contribution >= 4 is 22.3 Å². The van der Waals surface area contributed by atoms with E-state index in [0.29, 0.717) is 22.3 Å². The zero-order valence-corrected chi connectivity index (χ0v) is 15.8. The lowest BCUT2D eigenvalue weighted by molar-refractivity contribution is 0.417. The van der Waals surface area contributed by atoms with E-state index in [0.717, 1.165) is 16.7 Å². The molecule has 4 rings (SSSR count). The van der Waals surface area contributed by atoms with Crippen LogP contribution < -0.4 is 10.1 Å². The number of halogens is 1. The summed E-state index contributed by atoms with van der Waals surface area (Å²) in [4.78, 5) is 4.05. The lowest BCUT2D eigenvalue weighted by Gasteiger charge is -2.15. The van der Waals surface area contributed by atoms with Gasteiger partial charge >= 0.3 is 0 Å². The Labute approximate surface area is 166 Å². The molecule has 0 aliphatic rings. The minimum atomic E-state index is -0.415. The van der Waals surface area contributed by atoms with Gasteiger partial charge in [0.25, 0.3) is 0 Å². The summed E-state index contributed by atoms with van der Waals surface area (Å²) >= 11 is 0. The number of pyridine rings is 1. The molecule has 7 heteroatoms. The Morgan fingerprint density at radius 1 is 1.07 bits per heavy atom. The molecule has 6 nitrogen and oxygen atoms in total. The zero-order chi connectivity index (χ0) is 20.4. The first-order valence-electron chi connectivity index (χ1n) is 8.83. The Balaban J connectivity index is 1.96. The minimum Gasteiger partial charge on any atom is -0.496 e. The van der Waals surface area contributed by atoms with Crippen molar-refractivity contribution in [1.29, 1.82) is 5.26 Å². The van der Waals surface area contributed by atoms with Crippen LogP contribution in [0, 0.1) is 24.1 Å². The van der Waals surface area contributed by atoms with Gasteiger partial charge in [0.1, 0.15) is 17.6 Å².